The van der Waals surface area contributed by atoms with Crippen LogP contribution in [0.2, 0.25) is 0 Å². The van der Waals surface area contributed by atoms with Gasteiger partial charge in [0, 0.05) is 29.2 Å². The number of hydrogen-bond acceptors (Lipinski definition) is 3. The molecular weight excluding hydrogens is 390 g/mol. The van der Waals surface area contributed by atoms with Gasteiger partial charge >= 0.3 is 0 Å². The van der Waals surface area contributed by atoms with Crippen LogP contribution in [0.5, 0.6) is 0 Å². The Morgan fingerprint density at radius 2 is 2.00 bits per heavy atom. The van der Waals surface area contributed by atoms with Crippen molar-refractivity contribution in [3.63, 3.8) is 0 Å². The quantitative estimate of drug-likeness (QED) is 0.637. The zero-order valence-electron chi connectivity index (χ0n) is 11.5. The number of ether oxygens (including phenoxy) is 2. The lowest BCUT2D eigenvalue weighted by Gasteiger charge is -2.08. The first kappa shape index (κ1) is 17.6. The number of methoxy groups -OCH3 is 1. The fourth-order valence-electron chi connectivity index (χ4n) is 1.54. The number of carbonyl (C=O) groups is 1. The van der Waals surface area contributed by atoms with Crippen molar-refractivity contribution in [2.24, 2.45) is 0 Å². The molecule has 0 aliphatic heterocycles. The molecule has 0 heterocycles. The smallest absolute Gasteiger partial charge is 0.252 e. The molecule has 0 atom stereocenters. The molecule has 0 unspecified atom stereocenters. The standard InChI is InChI=1S/C14H19Br2NO3/c1-19-8-9-20-7-3-2-6-17-14(18)12-10-11(15)4-5-13(12)16/h4-5,10H,2-3,6-9H2,1H3,(H,17,18). The van der Waals surface area contributed by atoms with E-state index in [9.17, 15) is 4.79 Å². The van der Waals surface area contributed by atoms with E-state index in [1.54, 1.807) is 13.2 Å². The fraction of sp³-hybridized carbons (Fsp3) is 0.500. The lowest BCUT2D eigenvalue weighted by Crippen LogP contribution is -2.25. The second kappa shape index (κ2) is 10.3. The van der Waals surface area contributed by atoms with Crippen LogP contribution in [-0.2, 0) is 9.47 Å². The number of rotatable bonds is 9. The Balaban J connectivity index is 2.18. The highest BCUT2D eigenvalue weighted by atomic mass is 79.9. The zero-order chi connectivity index (χ0) is 14.8. The van der Waals surface area contributed by atoms with Gasteiger partial charge in [0.05, 0.1) is 18.8 Å². The Morgan fingerprint density at radius 3 is 2.75 bits per heavy atom. The molecule has 20 heavy (non-hydrogen) atoms. The maximum Gasteiger partial charge on any atom is 0.252 e. The summed E-state index contributed by atoms with van der Waals surface area (Å²) in [4.78, 5) is 12.0. The summed E-state index contributed by atoms with van der Waals surface area (Å²) in [7, 11) is 1.65. The van der Waals surface area contributed by atoms with E-state index in [0.717, 1.165) is 21.8 Å². The first-order valence-electron chi connectivity index (χ1n) is 6.45. The molecule has 1 aromatic carbocycles. The average Bonchev–Trinajstić information content (AvgIpc) is 2.44. The van der Waals surface area contributed by atoms with E-state index in [1.165, 1.54) is 0 Å². The minimum Gasteiger partial charge on any atom is -0.382 e. The van der Waals surface area contributed by atoms with Crippen LogP contribution in [0.15, 0.2) is 27.1 Å². The molecule has 0 fully saturated rings. The van der Waals surface area contributed by atoms with Crippen molar-refractivity contribution in [3.8, 4) is 0 Å². The summed E-state index contributed by atoms with van der Waals surface area (Å²) < 4.78 is 11.9. The molecule has 112 valence electrons. The maximum absolute atomic E-state index is 12.0. The van der Waals surface area contributed by atoms with Crippen LogP contribution >= 0.6 is 31.9 Å². The normalized spacial score (nSPS) is 10.6. The van der Waals surface area contributed by atoms with Crippen molar-refractivity contribution in [2.45, 2.75) is 12.8 Å². The third-order valence-electron chi connectivity index (χ3n) is 2.61. The van der Waals surface area contributed by atoms with Crippen LogP contribution in [-0.4, -0.2) is 39.4 Å². The summed E-state index contributed by atoms with van der Waals surface area (Å²) in [5.41, 5.74) is 0.635. The summed E-state index contributed by atoms with van der Waals surface area (Å²) >= 11 is 6.74. The molecule has 0 spiro atoms. The highest BCUT2D eigenvalue weighted by Gasteiger charge is 2.09. The molecule has 6 heteroatoms. The van der Waals surface area contributed by atoms with Crippen LogP contribution in [0.25, 0.3) is 0 Å². The van der Waals surface area contributed by atoms with Crippen LogP contribution in [0.4, 0.5) is 0 Å². The summed E-state index contributed by atoms with van der Waals surface area (Å²) in [6, 6.07) is 5.54. The second-order valence-corrected chi connectivity index (χ2v) is 5.96. The van der Waals surface area contributed by atoms with Crippen LogP contribution in [0.1, 0.15) is 23.2 Å². The van der Waals surface area contributed by atoms with Crippen LogP contribution in [0.3, 0.4) is 0 Å². The van der Waals surface area contributed by atoms with Crippen molar-refractivity contribution in [3.05, 3.63) is 32.7 Å². The predicted octanol–water partition coefficient (Wildman–Crippen LogP) is 3.38. The average molecular weight is 409 g/mol. The minimum absolute atomic E-state index is 0.0709. The van der Waals surface area contributed by atoms with E-state index < -0.39 is 0 Å². The molecule has 0 radical (unpaired) electrons. The Kier molecular flexibility index (Phi) is 9.09. The van der Waals surface area contributed by atoms with Crippen LogP contribution < -0.4 is 5.32 Å². The number of nitrogens with one attached hydrogen (secondary N) is 1. The van der Waals surface area contributed by atoms with E-state index in [4.69, 9.17) is 9.47 Å². The summed E-state index contributed by atoms with van der Waals surface area (Å²) in [5.74, 6) is -0.0709. The second-order valence-electron chi connectivity index (χ2n) is 4.19. The van der Waals surface area contributed by atoms with Gasteiger partial charge in [-0.1, -0.05) is 15.9 Å². The first-order chi connectivity index (χ1) is 9.65. The molecule has 0 aliphatic carbocycles. The van der Waals surface area contributed by atoms with Crippen molar-refractivity contribution in [2.75, 3.05) is 33.5 Å². The van der Waals surface area contributed by atoms with Gasteiger partial charge in [0.25, 0.3) is 5.91 Å². The third kappa shape index (κ3) is 6.83. The Morgan fingerprint density at radius 1 is 1.20 bits per heavy atom. The highest BCUT2D eigenvalue weighted by molar-refractivity contribution is 9.11. The molecule has 0 aliphatic rings. The Hall–Kier alpha value is -0.430. The predicted molar refractivity (Wildman–Crippen MR) is 86.1 cm³/mol. The molecule has 0 saturated heterocycles. The molecule has 0 saturated carbocycles. The van der Waals surface area contributed by atoms with E-state index in [2.05, 4.69) is 37.2 Å². The number of halogens is 2. The van der Waals surface area contributed by atoms with Crippen molar-refractivity contribution >= 4 is 37.8 Å². The summed E-state index contributed by atoms with van der Waals surface area (Å²) in [5, 5.41) is 2.90. The number of amides is 1. The lowest BCUT2D eigenvalue weighted by molar-refractivity contribution is 0.0686. The first-order valence-corrected chi connectivity index (χ1v) is 8.03. The fourth-order valence-corrected chi connectivity index (χ4v) is 2.33. The molecular formula is C14H19Br2NO3. The molecule has 4 nitrogen and oxygen atoms in total. The number of carbonyl (C=O) groups excluding carboxylic acids is 1. The van der Waals surface area contributed by atoms with Gasteiger partial charge in [-0.3, -0.25) is 4.79 Å². The molecule has 1 amide bonds. The van der Waals surface area contributed by atoms with Crippen LogP contribution in [0, 0.1) is 0 Å². The van der Waals surface area contributed by atoms with Gasteiger partial charge in [-0.25, -0.2) is 0 Å². The highest BCUT2D eigenvalue weighted by Crippen LogP contribution is 2.21. The van der Waals surface area contributed by atoms with Crippen molar-refractivity contribution < 1.29 is 14.3 Å². The van der Waals surface area contributed by atoms with Gasteiger partial charge in [0.2, 0.25) is 0 Å². The molecule has 0 aromatic heterocycles. The molecule has 0 bridgehead atoms. The SMILES string of the molecule is COCCOCCCCNC(=O)c1cc(Br)ccc1Br. The monoisotopic (exact) mass is 407 g/mol. The van der Waals surface area contributed by atoms with Crippen molar-refractivity contribution in [1.29, 1.82) is 0 Å². The Bertz CT molecular complexity index is 427. The summed E-state index contributed by atoms with van der Waals surface area (Å²) in [6.45, 7) is 2.58. The van der Waals surface area contributed by atoms with E-state index in [-0.39, 0.29) is 5.91 Å². The van der Waals surface area contributed by atoms with Gasteiger partial charge in [-0.15, -0.1) is 0 Å². The van der Waals surface area contributed by atoms with Gasteiger partial charge in [-0.2, -0.15) is 0 Å². The largest absolute Gasteiger partial charge is 0.382 e. The minimum atomic E-state index is -0.0709. The maximum atomic E-state index is 12.0. The van der Waals surface area contributed by atoms with Gasteiger partial charge in [-0.05, 0) is 47.0 Å². The lowest BCUT2D eigenvalue weighted by atomic mass is 10.2. The molecule has 1 aromatic rings. The molecule has 1 rings (SSSR count). The van der Waals surface area contributed by atoms with E-state index in [0.29, 0.717) is 31.9 Å². The van der Waals surface area contributed by atoms with E-state index in [1.807, 2.05) is 12.1 Å². The van der Waals surface area contributed by atoms with Gasteiger partial charge in [0.1, 0.15) is 0 Å². The van der Waals surface area contributed by atoms with Gasteiger partial charge < -0.3 is 14.8 Å². The van der Waals surface area contributed by atoms with Crippen molar-refractivity contribution in [1.82, 2.24) is 5.32 Å². The Labute approximate surface area is 136 Å². The number of unbranched alkanes of at least 4 members (excludes halogenated alkanes) is 1. The number of hydrogen-bond donors (Lipinski definition) is 1. The van der Waals surface area contributed by atoms with Gasteiger partial charge in [0.15, 0.2) is 0 Å². The van der Waals surface area contributed by atoms with E-state index >= 15 is 0 Å². The number of benzene rings is 1. The zero-order valence-corrected chi connectivity index (χ0v) is 14.6. The molecule has 1 N–H and O–H groups in total. The third-order valence-corrected chi connectivity index (χ3v) is 3.79. The topological polar surface area (TPSA) is 47.6 Å². The summed E-state index contributed by atoms with van der Waals surface area (Å²) in [6.07, 6.45) is 1.81.